The number of benzene rings is 2. The van der Waals surface area contributed by atoms with Crippen LogP contribution in [0.2, 0.25) is 0 Å². The predicted octanol–water partition coefficient (Wildman–Crippen LogP) is 2.86. The van der Waals surface area contributed by atoms with Crippen LogP contribution in [0.15, 0.2) is 48.5 Å². The Labute approximate surface area is 155 Å². The third-order valence-corrected chi connectivity index (χ3v) is 4.69. The number of morpholine rings is 1. The van der Waals surface area contributed by atoms with E-state index in [1.807, 2.05) is 50.3 Å². The molecule has 138 valence electrons. The van der Waals surface area contributed by atoms with E-state index in [9.17, 15) is 4.79 Å². The highest BCUT2D eigenvalue weighted by Gasteiger charge is 2.14. The fourth-order valence-corrected chi connectivity index (χ4v) is 3.12. The molecule has 0 aromatic heterocycles. The fraction of sp³-hybridized carbons (Fsp3) is 0.381. The molecule has 5 heteroatoms. The van der Waals surface area contributed by atoms with E-state index < -0.39 is 0 Å². The number of ether oxygens (including phenoxy) is 1. The van der Waals surface area contributed by atoms with Crippen molar-refractivity contribution in [3.05, 3.63) is 59.7 Å². The standard InChI is InChI=1S/C21H27N3O2/c1-22(2)20-6-4-5-18(15-20)21(25)23(3)16-17-7-9-19(10-8-17)24-11-13-26-14-12-24/h4-10,15H,11-14,16H2,1-3H3. The molecule has 3 rings (SSSR count). The fourth-order valence-electron chi connectivity index (χ4n) is 3.12. The molecule has 0 N–H and O–H groups in total. The van der Waals surface area contributed by atoms with Crippen LogP contribution in [0.25, 0.3) is 0 Å². The Hall–Kier alpha value is -2.53. The highest BCUT2D eigenvalue weighted by atomic mass is 16.5. The van der Waals surface area contributed by atoms with Gasteiger partial charge in [-0.15, -0.1) is 0 Å². The van der Waals surface area contributed by atoms with Gasteiger partial charge in [-0.1, -0.05) is 18.2 Å². The largest absolute Gasteiger partial charge is 0.378 e. The summed E-state index contributed by atoms with van der Waals surface area (Å²) >= 11 is 0. The van der Waals surface area contributed by atoms with Crippen molar-refractivity contribution in [1.29, 1.82) is 0 Å². The van der Waals surface area contributed by atoms with Gasteiger partial charge in [-0.25, -0.2) is 0 Å². The van der Waals surface area contributed by atoms with Crippen molar-refractivity contribution < 1.29 is 9.53 Å². The summed E-state index contributed by atoms with van der Waals surface area (Å²) in [5.41, 5.74) is 4.08. The van der Waals surface area contributed by atoms with Crippen molar-refractivity contribution in [2.24, 2.45) is 0 Å². The maximum atomic E-state index is 12.7. The van der Waals surface area contributed by atoms with Gasteiger partial charge >= 0.3 is 0 Å². The predicted molar refractivity (Wildman–Crippen MR) is 106 cm³/mol. The van der Waals surface area contributed by atoms with Crippen LogP contribution >= 0.6 is 0 Å². The van der Waals surface area contributed by atoms with Crippen LogP contribution < -0.4 is 9.80 Å². The lowest BCUT2D eigenvalue weighted by atomic mass is 10.1. The first-order valence-electron chi connectivity index (χ1n) is 8.99. The first-order chi connectivity index (χ1) is 12.5. The van der Waals surface area contributed by atoms with E-state index in [0.29, 0.717) is 12.1 Å². The molecule has 5 nitrogen and oxygen atoms in total. The maximum Gasteiger partial charge on any atom is 0.253 e. The number of amides is 1. The molecule has 0 saturated carbocycles. The Morgan fingerprint density at radius 3 is 2.38 bits per heavy atom. The Balaban J connectivity index is 1.64. The second kappa shape index (κ2) is 8.23. The maximum absolute atomic E-state index is 12.7. The molecule has 1 saturated heterocycles. The topological polar surface area (TPSA) is 36.0 Å². The van der Waals surface area contributed by atoms with Crippen molar-refractivity contribution >= 4 is 17.3 Å². The third-order valence-electron chi connectivity index (χ3n) is 4.69. The minimum atomic E-state index is 0.0333. The van der Waals surface area contributed by atoms with E-state index in [1.165, 1.54) is 5.69 Å². The SMILES string of the molecule is CN(Cc1ccc(N2CCOCC2)cc1)C(=O)c1cccc(N(C)C)c1. The molecule has 1 fully saturated rings. The molecule has 0 radical (unpaired) electrons. The van der Waals surface area contributed by atoms with E-state index in [-0.39, 0.29) is 5.91 Å². The quantitative estimate of drug-likeness (QED) is 0.828. The summed E-state index contributed by atoms with van der Waals surface area (Å²) in [6.45, 7) is 4.02. The number of carbonyl (C=O) groups is 1. The number of hydrogen-bond donors (Lipinski definition) is 0. The van der Waals surface area contributed by atoms with Crippen molar-refractivity contribution in [3.8, 4) is 0 Å². The summed E-state index contributed by atoms with van der Waals surface area (Å²) in [5.74, 6) is 0.0333. The lowest BCUT2D eigenvalue weighted by Gasteiger charge is -2.29. The highest BCUT2D eigenvalue weighted by molar-refractivity contribution is 5.95. The van der Waals surface area contributed by atoms with E-state index >= 15 is 0 Å². The smallest absolute Gasteiger partial charge is 0.253 e. The van der Waals surface area contributed by atoms with E-state index in [2.05, 4.69) is 29.2 Å². The van der Waals surface area contributed by atoms with Crippen molar-refractivity contribution in [2.75, 3.05) is 57.2 Å². The Morgan fingerprint density at radius 1 is 1.04 bits per heavy atom. The molecule has 1 aliphatic heterocycles. The van der Waals surface area contributed by atoms with Crippen LogP contribution in [0.5, 0.6) is 0 Å². The first kappa shape index (κ1) is 18.3. The number of hydrogen-bond acceptors (Lipinski definition) is 4. The van der Waals surface area contributed by atoms with Crippen LogP contribution in [0.1, 0.15) is 15.9 Å². The number of anilines is 2. The van der Waals surface area contributed by atoms with Gasteiger partial charge in [0, 0.05) is 57.7 Å². The Bertz CT molecular complexity index is 737. The molecule has 0 aliphatic carbocycles. The van der Waals surface area contributed by atoms with Gasteiger partial charge in [0.05, 0.1) is 13.2 Å². The third kappa shape index (κ3) is 4.35. The lowest BCUT2D eigenvalue weighted by molar-refractivity contribution is 0.0785. The molecule has 0 spiro atoms. The number of nitrogens with zero attached hydrogens (tertiary/aromatic N) is 3. The summed E-state index contributed by atoms with van der Waals surface area (Å²) in [6, 6.07) is 16.2. The van der Waals surface area contributed by atoms with Gasteiger partial charge in [0.2, 0.25) is 0 Å². The van der Waals surface area contributed by atoms with Crippen LogP contribution in [0, 0.1) is 0 Å². The molecule has 0 unspecified atom stereocenters. The number of rotatable bonds is 5. The summed E-state index contributed by atoms with van der Waals surface area (Å²) < 4.78 is 5.40. The highest BCUT2D eigenvalue weighted by Crippen LogP contribution is 2.19. The average molecular weight is 353 g/mol. The van der Waals surface area contributed by atoms with E-state index in [0.717, 1.165) is 37.6 Å². The van der Waals surface area contributed by atoms with Crippen molar-refractivity contribution in [3.63, 3.8) is 0 Å². The zero-order valence-electron chi connectivity index (χ0n) is 15.8. The second-order valence-corrected chi connectivity index (χ2v) is 6.87. The molecule has 1 amide bonds. The van der Waals surface area contributed by atoms with Crippen molar-refractivity contribution in [2.45, 2.75) is 6.54 Å². The minimum Gasteiger partial charge on any atom is -0.378 e. The van der Waals surface area contributed by atoms with Gasteiger partial charge in [0.25, 0.3) is 5.91 Å². The summed E-state index contributed by atoms with van der Waals surface area (Å²) in [5, 5.41) is 0. The number of carbonyl (C=O) groups excluding carboxylic acids is 1. The molecule has 1 aliphatic rings. The second-order valence-electron chi connectivity index (χ2n) is 6.87. The Kier molecular flexibility index (Phi) is 5.78. The van der Waals surface area contributed by atoms with Crippen molar-refractivity contribution in [1.82, 2.24) is 4.90 Å². The molecule has 2 aromatic rings. The molecule has 2 aromatic carbocycles. The first-order valence-corrected chi connectivity index (χ1v) is 8.99. The molecular weight excluding hydrogens is 326 g/mol. The van der Waals surface area contributed by atoms with Crippen LogP contribution in [-0.4, -0.2) is 58.3 Å². The Morgan fingerprint density at radius 2 is 1.73 bits per heavy atom. The van der Waals surface area contributed by atoms with Gasteiger partial charge in [-0.2, -0.15) is 0 Å². The van der Waals surface area contributed by atoms with E-state index in [1.54, 1.807) is 4.90 Å². The van der Waals surface area contributed by atoms with Gasteiger partial charge in [-0.05, 0) is 35.9 Å². The summed E-state index contributed by atoms with van der Waals surface area (Å²) in [4.78, 5) is 18.8. The van der Waals surface area contributed by atoms with Gasteiger partial charge < -0.3 is 19.4 Å². The molecule has 1 heterocycles. The molecule has 0 atom stereocenters. The van der Waals surface area contributed by atoms with Gasteiger partial charge in [0.15, 0.2) is 0 Å². The molecule has 26 heavy (non-hydrogen) atoms. The zero-order valence-corrected chi connectivity index (χ0v) is 15.8. The normalized spacial score (nSPS) is 14.2. The zero-order chi connectivity index (χ0) is 18.5. The van der Waals surface area contributed by atoms with Crippen LogP contribution in [0.3, 0.4) is 0 Å². The lowest BCUT2D eigenvalue weighted by Crippen LogP contribution is -2.36. The summed E-state index contributed by atoms with van der Waals surface area (Å²) in [6.07, 6.45) is 0. The minimum absolute atomic E-state index is 0.0333. The molecular formula is C21H27N3O2. The monoisotopic (exact) mass is 353 g/mol. The molecule has 0 bridgehead atoms. The van der Waals surface area contributed by atoms with Crippen LogP contribution in [0.4, 0.5) is 11.4 Å². The van der Waals surface area contributed by atoms with Crippen LogP contribution in [-0.2, 0) is 11.3 Å². The van der Waals surface area contributed by atoms with Gasteiger partial charge in [-0.3, -0.25) is 4.79 Å². The van der Waals surface area contributed by atoms with E-state index in [4.69, 9.17) is 4.74 Å². The average Bonchev–Trinajstić information content (AvgIpc) is 2.68. The summed E-state index contributed by atoms with van der Waals surface area (Å²) in [7, 11) is 5.80. The van der Waals surface area contributed by atoms with Gasteiger partial charge in [0.1, 0.15) is 0 Å².